The number of halogens is 2. The molecule has 0 bridgehead atoms. The van der Waals surface area contributed by atoms with Crippen LogP contribution in [0, 0.1) is 5.92 Å². The van der Waals surface area contributed by atoms with Crippen molar-refractivity contribution in [2.45, 2.75) is 18.1 Å². The lowest BCUT2D eigenvalue weighted by Gasteiger charge is -2.24. The molecule has 20 heavy (non-hydrogen) atoms. The highest BCUT2D eigenvalue weighted by molar-refractivity contribution is 9.11. The third-order valence-corrected chi connectivity index (χ3v) is 7.37. The van der Waals surface area contributed by atoms with Gasteiger partial charge in [0.1, 0.15) is 4.21 Å². The molecule has 0 aromatic carbocycles. The van der Waals surface area contributed by atoms with Gasteiger partial charge in [0, 0.05) is 19.6 Å². The van der Waals surface area contributed by atoms with Crippen molar-refractivity contribution in [1.82, 2.24) is 9.21 Å². The Labute approximate surface area is 138 Å². The molecular formula is C12H20BrClN2O2S2. The molecule has 0 fully saturated rings. The molecule has 0 saturated carbocycles. The van der Waals surface area contributed by atoms with Gasteiger partial charge in [0.05, 0.1) is 8.81 Å². The Balaban J connectivity index is 3.03. The zero-order valence-electron chi connectivity index (χ0n) is 12.1. The van der Waals surface area contributed by atoms with Crippen molar-refractivity contribution >= 4 is 48.9 Å². The van der Waals surface area contributed by atoms with E-state index in [1.54, 1.807) is 0 Å². The van der Waals surface area contributed by atoms with E-state index in [1.807, 2.05) is 32.8 Å². The third-order valence-electron chi connectivity index (χ3n) is 2.58. The molecule has 0 atom stereocenters. The van der Waals surface area contributed by atoms with Crippen molar-refractivity contribution < 1.29 is 8.42 Å². The molecule has 1 aromatic rings. The molecule has 8 heteroatoms. The van der Waals surface area contributed by atoms with Gasteiger partial charge in [-0.15, -0.1) is 11.3 Å². The highest BCUT2D eigenvalue weighted by Gasteiger charge is 2.27. The fourth-order valence-electron chi connectivity index (χ4n) is 1.61. The Morgan fingerprint density at radius 3 is 2.35 bits per heavy atom. The number of rotatable bonds is 7. The predicted molar refractivity (Wildman–Crippen MR) is 89.2 cm³/mol. The molecule has 0 unspecified atom stereocenters. The summed E-state index contributed by atoms with van der Waals surface area (Å²) in [6, 6.07) is 1.51. The van der Waals surface area contributed by atoms with Crippen LogP contribution in [0.5, 0.6) is 0 Å². The second-order valence-electron chi connectivity index (χ2n) is 5.25. The molecule has 0 radical (unpaired) electrons. The normalized spacial score (nSPS) is 12.8. The summed E-state index contributed by atoms with van der Waals surface area (Å²) in [4.78, 5) is 1.97. The van der Waals surface area contributed by atoms with Crippen LogP contribution in [0.2, 0.25) is 5.02 Å². The van der Waals surface area contributed by atoms with Gasteiger partial charge in [-0.05, 0) is 42.0 Å². The monoisotopic (exact) mass is 402 g/mol. The molecule has 0 aliphatic heterocycles. The molecule has 1 aromatic heterocycles. The lowest BCUT2D eigenvalue weighted by Crippen LogP contribution is -2.38. The molecule has 0 saturated heterocycles. The topological polar surface area (TPSA) is 40.6 Å². The van der Waals surface area contributed by atoms with Gasteiger partial charge >= 0.3 is 0 Å². The SMILES string of the molecule is CC(C)CN(CCN(C)C)S(=O)(=O)c1cc(Cl)c(Br)s1. The van der Waals surface area contributed by atoms with Crippen LogP contribution >= 0.6 is 38.9 Å². The van der Waals surface area contributed by atoms with Crippen molar-refractivity contribution in [3.8, 4) is 0 Å². The van der Waals surface area contributed by atoms with Gasteiger partial charge in [0.2, 0.25) is 0 Å². The average molecular weight is 404 g/mol. The highest BCUT2D eigenvalue weighted by atomic mass is 79.9. The summed E-state index contributed by atoms with van der Waals surface area (Å²) in [6.07, 6.45) is 0. The van der Waals surface area contributed by atoms with Crippen LogP contribution in [0.25, 0.3) is 0 Å². The summed E-state index contributed by atoms with van der Waals surface area (Å²) >= 11 is 10.4. The van der Waals surface area contributed by atoms with E-state index < -0.39 is 10.0 Å². The average Bonchev–Trinajstić information content (AvgIpc) is 2.65. The summed E-state index contributed by atoms with van der Waals surface area (Å²) in [5, 5.41) is 0.436. The van der Waals surface area contributed by atoms with E-state index >= 15 is 0 Å². The van der Waals surface area contributed by atoms with E-state index in [0.29, 0.717) is 28.4 Å². The van der Waals surface area contributed by atoms with Gasteiger partial charge in [-0.2, -0.15) is 4.31 Å². The summed E-state index contributed by atoms with van der Waals surface area (Å²) < 4.78 is 27.8. The fourth-order valence-corrected chi connectivity index (χ4v) is 5.76. The van der Waals surface area contributed by atoms with E-state index in [-0.39, 0.29) is 10.1 Å². The predicted octanol–water partition coefficient (Wildman–Crippen LogP) is 3.37. The Hall–Kier alpha value is 0.340. The maximum atomic E-state index is 12.7. The minimum absolute atomic E-state index is 0.269. The highest BCUT2D eigenvalue weighted by Crippen LogP contribution is 2.36. The largest absolute Gasteiger partial charge is 0.308 e. The van der Waals surface area contributed by atoms with Crippen molar-refractivity contribution in [2.75, 3.05) is 33.7 Å². The molecule has 0 spiro atoms. The molecule has 1 rings (SSSR count). The smallest absolute Gasteiger partial charge is 0.252 e. The first-order valence-electron chi connectivity index (χ1n) is 6.24. The van der Waals surface area contributed by atoms with Crippen LogP contribution < -0.4 is 0 Å². The van der Waals surface area contributed by atoms with Crippen LogP contribution in [-0.2, 0) is 10.0 Å². The molecule has 116 valence electrons. The maximum Gasteiger partial charge on any atom is 0.252 e. The number of hydrogen-bond donors (Lipinski definition) is 0. The van der Waals surface area contributed by atoms with Crippen LogP contribution in [0.15, 0.2) is 14.1 Å². The molecular weight excluding hydrogens is 384 g/mol. The minimum atomic E-state index is -3.48. The number of likely N-dealkylation sites (N-methyl/N-ethyl adjacent to an activating group) is 1. The van der Waals surface area contributed by atoms with Crippen molar-refractivity contribution in [3.63, 3.8) is 0 Å². The molecule has 0 amide bonds. The Morgan fingerprint density at radius 1 is 1.35 bits per heavy atom. The van der Waals surface area contributed by atoms with Gasteiger partial charge in [-0.1, -0.05) is 25.4 Å². The van der Waals surface area contributed by atoms with E-state index in [2.05, 4.69) is 15.9 Å². The first kappa shape index (κ1) is 18.4. The Morgan fingerprint density at radius 2 is 1.95 bits per heavy atom. The molecule has 0 aliphatic rings. The first-order chi connectivity index (χ1) is 9.14. The van der Waals surface area contributed by atoms with Gasteiger partial charge in [-0.3, -0.25) is 0 Å². The van der Waals surface area contributed by atoms with Crippen LogP contribution in [0.3, 0.4) is 0 Å². The lowest BCUT2D eigenvalue weighted by atomic mass is 10.2. The quantitative estimate of drug-likeness (QED) is 0.701. The van der Waals surface area contributed by atoms with E-state index in [9.17, 15) is 8.42 Å². The van der Waals surface area contributed by atoms with E-state index in [0.717, 1.165) is 11.3 Å². The lowest BCUT2D eigenvalue weighted by molar-refractivity contribution is 0.313. The van der Waals surface area contributed by atoms with Crippen molar-refractivity contribution in [1.29, 1.82) is 0 Å². The van der Waals surface area contributed by atoms with Crippen molar-refractivity contribution in [3.05, 3.63) is 14.9 Å². The maximum absolute atomic E-state index is 12.7. The fraction of sp³-hybridized carbons (Fsp3) is 0.667. The molecule has 1 heterocycles. The summed E-state index contributed by atoms with van der Waals surface area (Å²) in [5.74, 6) is 0.269. The number of hydrogen-bond acceptors (Lipinski definition) is 4. The summed E-state index contributed by atoms with van der Waals surface area (Å²) in [5.41, 5.74) is 0. The number of thiophene rings is 1. The number of sulfonamides is 1. The van der Waals surface area contributed by atoms with Crippen LogP contribution in [0.1, 0.15) is 13.8 Å². The molecule has 4 nitrogen and oxygen atoms in total. The van der Waals surface area contributed by atoms with Crippen LogP contribution in [-0.4, -0.2) is 51.4 Å². The van der Waals surface area contributed by atoms with Gasteiger partial charge < -0.3 is 4.90 Å². The standard InChI is InChI=1S/C12H20BrClN2O2S2/c1-9(2)8-16(6-5-15(3)4)20(17,18)11-7-10(14)12(13)19-11/h7,9H,5-6,8H2,1-4H3. The number of nitrogens with zero attached hydrogens (tertiary/aromatic N) is 2. The second-order valence-corrected chi connectivity index (χ2v) is 10.2. The third kappa shape index (κ3) is 4.96. The zero-order valence-corrected chi connectivity index (χ0v) is 16.0. The molecule has 0 aliphatic carbocycles. The zero-order chi connectivity index (χ0) is 15.5. The minimum Gasteiger partial charge on any atom is -0.308 e. The summed E-state index contributed by atoms with van der Waals surface area (Å²) in [7, 11) is 0.376. The Bertz CT molecular complexity index is 524. The van der Waals surface area contributed by atoms with Crippen molar-refractivity contribution in [2.24, 2.45) is 5.92 Å². The Kier molecular flexibility index (Phi) is 6.95. The van der Waals surface area contributed by atoms with Gasteiger partial charge in [-0.25, -0.2) is 8.42 Å². The van der Waals surface area contributed by atoms with E-state index in [1.165, 1.54) is 10.4 Å². The van der Waals surface area contributed by atoms with E-state index in [4.69, 9.17) is 11.6 Å². The second kappa shape index (κ2) is 7.56. The van der Waals surface area contributed by atoms with Gasteiger partial charge in [0.25, 0.3) is 10.0 Å². The summed E-state index contributed by atoms with van der Waals surface area (Å²) in [6.45, 7) is 5.68. The van der Waals surface area contributed by atoms with Crippen LogP contribution in [0.4, 0.5) is 0 Å². The first-order valence-corrected chi connectivity index (χ1v) is 9.67. The van der Waals surface area contributed by atoms with Gasteiger partial charge in [0.15, 0.2) is 0 Å². The molecule has 0 N–H and O–H groups in total.